The number of carboxylic acids is 1. The van der Waals surface area contributed by atoms with Gasteiger partial charge in [-0.1, -0.05) is 0 Å². The molecule has 0 aromatic heterocycles. The van der Waals surface area contributed by atoms with Crippen molar-refractivity contribution in [3.05, 3.63) is 41.7 Å². The molecule has 0 aliphatic carbocycles. The predicted octanol–water partition coefficient (Wildman–Crippen LogP) is 1.05. The van der Waals surface area contributed by atoms with Crippen molar-refractivity contribution in [1.29, 1.82) is 0 Å². The summed E-state index contributed by atoms with van der Waals surface area (Å²) in [5.74, 6) is -3.97. The number of carboxylic acid groups (broad SMARTS) is 1. The van der Waals surface area contributed by atoms with Gasteiger partial charge in [0.05, 0.1) is 5.69 Å². The Morgan fingerprint density at radius 2 is 1.52 bits per heavy atom. The summed E-state index contributed by atoms with van der Waals surface area (Å²) in [6, 6.07) is 5.53. The summed E-state index contributed by atoms with van der Waals surface area (Å²) in [4.78, 5) is 46.2. The van der Waals surface area contributed by atoms with Crippen LogP contribution < -0.4 is 4.90 Å². The number of anilines is 1. The molecule has 7 heteroatoms. The lowest BCUT2D eigenvalue weighted by molar-refractivity contribution is -0.135. The van der Waals surface area contributed by atoms with Crippen LogP contribution in [0.5, 0.6) is 0 Å². The van der Waals surface area contributed by atoms with Crippen molar-refractivity contribution in [3.63, 3.8) is 0 Å². The Labute approximate surface area is 119 Å². The lowest BCUT2D eigenvalue weighted by atomic mass is 10.1. The average molecular weight is 289 g/mol. The van der Waals surface area contributed by atoms with Crippen LogP contribution in [-0.2, 0) is 14.4 Å². The van der Waals surface area contributed by atoms with Crippen molar-refractivity contribution in [3.8, 4) is 0 Å². The van der Waals surface area contributed by atoms with Crippen LogP contribution in [-0.4, -0.2) is 33.8 Å². The van der Waals surface area contributed by atoms with Crippen molar-refractivity contribution in [2.45, 2.75) is 12.8 Å². The number of imide groups is 1. The van der Waals surface area contributed by atoms with E-state index in [9.17, 15) is 19.2 Å². The molecule has 0 bridgehead atoms. The Morgan fingerprint density at radius 3 is 2.00 bits per heavy atom. The summed E-state index contributed by atoms with van der Waals surface area (Å²) in [5.41, 5.74) is 0.483. The number of aliphatic hydroxyl groups is 1. The molecule has 1 aromatic rings. The van der Waals surface area contributed by atoms with Gasteiger partial charge < -0.3 is 10.2 Å². The van der Waals surface area contributed by atoms with E-state index >= 15 is 0 Å². The molecule has 1 saturated heterocycles. The van der Waals surface area contributed by atoms with Crippen LogP contribution in [0, 0.1) is 0 Å². The van der Waals surface area contributed by atoms with Gasteiger partial charge in [-0.3, -0.25) is 19.3 Å². The van der Waals surface area contributed by atoms with Crippen LogP contribution in [0.25, 0.3) is 0 Å². The molecule has 0 radical (unpaired) electrons. The number of allylic oxidation sites excluding steroid dienone is 1. The van der Waals surface area contributed by atoms with Gasteiger partial charge >= 0.3 is 5.97 Å². The molecule has 1 aliphatic heterocycles. The highest BCUT2D eigenvalue weighted by Gasteiger charge is 2.30. The van der Waals surface area contributed by atoms with E-state index in [0.29, 0.717) is 11.8 Å². The summed E-state index contributed by atoms with van der Waals surface area (Å²) >= 11 is 0. The highest BCUT2D eigenvalue weighted by Crippen LogP contribution is 2.22. The van der Waals surface area contributed by atoms with Gasteiger partial charge in [0.25, 0.3) is 0 Å². The standard InChI is InChI=1S/C14H11NO6/c16-10(7-11(17)14(20)21)8-1-3-9(4-2-8)15-12(18)5-6-13(15)19/h1-4,7,17H,5-6H2,(H,20,21)/b11-7-. The number of carbonyl (C=O) groups excluding carboxylic acids is 3. The van der Waals surface area contributed by atoms with Crippen LogP contribution in [0.4, 0.5) is 5.69 Å². The zero-order valence-corrected chi connectivity index (χ0v) is 10.8. The number of hydrogen-bond donors (Lipinski definition) is 2. The van der Waals surface area contributed by atoms with Crippen molar-refractivity contribution < 1.29 is 29.4 Å². The molecule has 2 N–H and O–H groups in total. The number of hydrogen-bond acceptors (Lipinski definition) is 5. The summed E-state index contributed by atoms with van der Waals surface area (Å²) in [6.07, 6.45) is 0.910. The van der Waals surface area contributed by atoms with E-state index in [0.717, 1.165) is 4.90 Å². The topological polar surface area (TPSA) is 112 Å². The average Bonchev–Trinajstić information content (AvgIpc) is 2.78. The lowest BCUT2D eigenvalue weighted by Gasteiger charge is -2.13. The van der Waals surface area contributed by atoms with Crippen molar-refractivity contribution in [1.82, 2.24) is 0 Å². The fraction of sp³-hybridized carbons (Fsp3) is 0.143. The molecule has 2 amide bonds. The van der Waals surface area contributed by atoms with Crippen LogP contribution in [0.1, 0.15) is 23.2 Å². The fourth-order valence-corrected chi connectivity index (χ4v) is 1.91. The molecule has 2 rings (SSSR count). The van der Waals surface area contributed by atoms with E-state index in [-0.39, 0.29) is 30.2 Å². The molecular formula is C14H11NO6. The molecule has 7 nitrogen and oxygen atoms in total. The molecule has 0 spiro atoms. The quantitative estimate of drug-likeness (QED) is 0.371. The Morgan fingerprint density at radius 1 is 1.00 bits per heavy atom. The second-order valence-electron chi connectivity index (χ2n) is 4.37. The van der Waals surface area contributed by atoms with Gasteiger partial charge in [0, 0.05) is 24.5 Å². The first-order valence-electron chi connectivity index (χ1n) is 6.04. The monoisotopic (exact) mass is 289 g/mol. The van der Waals surface area contributed by atoms with Crippen LogP contribution in [0.2, 0.25) is 0 Å². The number of aliphatic hydroxyl groups excluding tert-OH is 1. The van der Waals surface area contributed by atoms with E-state index < -0.39 is 17.5 Å². The molecule has 1 aliphatic rings. The molecule has 1 heterocycles. The minimum atomic E-state index is -1.60. The first-order valence-corrected chi connectivity index (χ1v) is 6.04. The third-order valence-corrected chi connectivity index (χ3v) is 2.95. The maximum Gasteiger partial charge on any atom is 0.371 e. The van der Waals surface area contributed by atoms with Crippen molar-refractivity contribution in [2.75, 3.05) is 4.90 Å². The second-order valence-corrected chi connectivity index (χ2v) is 4.37. The minimum Gasteiger partial charge on any atom is -0.502 e. The highest BCUT2D eigenvalue weighted by atomic mass is 16.4. The van der Waals surface area contributed by atoms with Gasteiger partial charge in [-0.2, -0.15) is 0 Å². The predicted molar refractivity (Wildman–Crippen MR) is 70.8 cm³/mol. The third-order valence-electron chi connectivity index (χ3n) is 2.95. The van der Waals surface area contributed by atoms with Gasteiger partial charge in [0.1, 0.15) is 0 Å². The summed E-state index contributed by atoms with van der Waals surface area (Å²) < 4.78 is 0. The molecule has 1 aromatic carbocycles. The number of amides is 2. The van der Waals surface area contributed by atoms with Gasteiger partial charge in [-0.05, 0) is 24.3 Å². The first-order chi connectivity index (χ1) is 9.90. The van der Waals surface area contributed by atoms with Crippen molar-refractivity contribution in [2.24, 2.45) is 0 Å². The van der Waals surface area contributed by atoms with E-state index in [2.05, 4.69) is 0 Å². The van der Waals surface area contributed by atoms with Crippen molar-refractivity contribution >= 4 is 29.3 Å². The number of rotatable bonds is 4. The fourth-order valence-electron chi connectivity index (χ4n) is 1.91. The van der Waals surface area contributed by atoms with E-state index in [1.54, 1.807) is 0 Å². The largest absolute Gasteiger partial charge is 0.502 e. The SMILES string of the molecule is O=C(O)/C(O)=C/C(=O)c1ccc(N2C(=O)CCC2=O)cc1. The molecule has 108 valence electrons. The zero-order valence-electron chi connectivity index (χ0n) is 10.8. The minimum absolute atomic E-state index is 0.130. The van der Waals surface area contributed by atoms with Gasteiger partial charge in [0.2, 0.25) is 17.6 Å². The molecule has 0 unspecified atom stereocenters. The van der Waals surface area contributed by atoms with Crippen LogP contribution in [0.3, 0.4) is 0 Å². The maximum atomic E-state index is 11.7. The summed E-state index contributed by atoms with van der Waals surface area (Å²) in [5, 5.41) is 17.5. The van der Waals surface area contributed by atoms with Crippen LogP contribution >= 0.6 is 0 Å². The molecule has 0 saturated carbocycles. The number of aliphatic carboxylic acids is 1. The Bertz CT molecular complexity index is 643. The molecular weight excluding hydrogens is 278 g/mol. The van der Waals surface area contributed by atoms with E-state index in [1.807, 2.05) is 0 Å². The van der Waals surface area contributed by atoms with E-state index in [4.69, 9.17) is 10.2 Å². The van der Waals surface area contributed by atoms with E-state index in [1.165, 1.54) is 24.3 Å². The number of carbonyl (C=O) groups is 4. The molecule has 21 heavy (non-hydrogen) atoms. The Kier molecular flexibility index (Phi) is 3.84. The Balaban J connectivity index is 2.21. The van der Waals surface area contributed by atoms with Gasteiger partial charge in [0.15, 0.2) is 5.78 Å². The Hall–Kier alpha value is -2.96. The third kappa shape index (κ3) is 2.97. The molecule has 1 fully saturated rings. The first kappa shape index (κ1) is 14.4. The smallest absolute Gasteiger partial charge is 0.371 e. The number of nitrogens with zero attached hydrogens (tertiary/aromatic N) is 1. The van der Waals surface area contributed by atoms with Gasteiger partial charge in [-0.15, -0.1) is 0 Å². The summed E-state index contributed by atoms with van der Waals surface area (Å²) in [6.45, 7) is 0. The number of ketones is 1. The lowest BCUT2D eigenvalue weighted by Crippen LogP contribution is -2.28. The second kappa shape index (κ2) is 5.58. The van der Waals surface area contributed by atoms with Gasteiger partial charge in [-0.25, -0.2) is 4.79 Å². The number of benzene rings is 1. The molecule has 0 atom stereocenters. The maximum absolute atomic E-state index is 11.7. The normalized spacial score (nSPS) is 15.4. The van der Waals surface area contributed by atoms with Crippen LogP contribution in [0.15, 0.2) is 36.1 Å². The summed E-state index contributed by atoms with van der Waals surface area (Å²) in [7, 11) is 0. The zero-order chi connectivity index (χ0) is 15.6. The highest BCUT2D eigenvalue weighted by molar-refractivity contribution is 6.20.